The Bertz CT molecular complexity index is 406. The molecule has 0 radical (unpaired) electrons. The van der Waals surface area contributed by atoms with Crippen LogP contribution in [0.15, 0.2) is 18.2 Å². The van der Waals surface area contributed by atoms with Gasteiger partial charge in [0.25, 0.3) is 0 Å². The molecule has 0 heterocycles. The molecule has 1 atom stereocenters. The summed E-state index contributed by atoms with van der Waals surface area (Å²) in [4.78, 5) is 0. The summed E-state index contributed by atoms with van der Waals surface area (Å²) in [7, 11) is 0. The van der Waals surface area contributed by atoms with Crippen molar-refractivity contribution in [2.45, 2.75) is 58.9 Å². The Hall–Kier alpha value is -0.860. The van der Waals surface area contributed by atoms with Crippen molar-refractivity contribution >= 4 is 0 Å². The number of hydrogen-bond acceptors (Lipinski definition) is 2. The number of hydrogen-bond donors (Lipinski definition) is 2. The second-order valence-electron chi connectivity index (χ2n) is 6.16. The summed E-state index contributed by atoms with van der Waals surface area (Å²) in [6.45, 7) is 6.72. The molecule has 0 spiro atoms. The van der Waals surface area contributed by atoms with Gasteiger partial charge in [0.2, 0.25) is 0 Å². The minimum Gasteiger partial charge on any atom is -0.271 e. The SMILES string of the molecule is Cc1ccc(C(NN)C2(C)CCCCC2)cc1C. The third-order valence-electron chi connectivity index (χ3n) is 4.72. The van der Waals surface area contributed by atoms with Gasteiger partial charge in [0, 0.05) is 0 Å². The third-order valence-corrected chi connectivity index (χ3v) is 4.72. The van der Waals surface area contributed by atoms with Gasteiger partial charge in [-0.25, -0.2) is 0 Å². The second-order valence-corrected chi connectivity index (χ2v) is 6.16. The Labute approximate surface area is 111 Å². The second kappa shape index (κ2) is 5.41. The zero-order valence-corrected chi connectivity index (χ0v) is 11.9. The first-order chi connectivity index (χ1) is 8.57. The fourth-order valence-electron chi connectivity index (χ4n) is 3.29. The molecular weight excluding hydrogens is 220 g/mol. The van der Waals surface area contributed by atoms with Crippen LogP contribution in [0.25, 0.3) is 0 Å². The Morgan fingerprint density at radius 3 is 2.33 bits per heavy atom. The molecule has 1 aromatic carbocycles. The van der Waals surface area contributed by atoms with Crippen molar-refractivity contribution < 1.29 is 0 Å². The predicted molar refractivity (Wildman–Crippen MR) is 77.2 cm³/mol. The lowest BCUT2D eigenvalue weighted by molar-refractivity contribution is 0.145. The largest absolute Gasteiger partial charge is 0.271 e. The van der Waals surface area contributed by atoms with Gasteiger partial charge >= 0.3 is 0 Å². The fraction of sp³-hybridized carbons (Fsp3) is 0.625. The molecule has 0 bridgehead atoms. The summed E-state index contributed by atoms with van der Waals surface area (Å²) in [5.74, 6) is 5.86. The van der Waals surface area contributed by atoms with Crippen molar-refractivity contribution in [3.63, 3.8) is 0 Å². The summed E-state index contributed by atoms with van der Waals surface area (Å²) in [6.07, 6.45) is 6.59. The van der Waals surface area contributed by atoms with Crippen LogP contribution in [-0.4, -0.2) is 0 Å². The van der Waals surface area contributed by atoms with Gasteiger partial charge < -0.3 is 0 Å². The van der Waals surface area contributed by atoms with E-state index in [2.05, 4.69) is 44.4 Å². The maximum atomic E-state index is 5.86. The van der Waals surface area contributed by atoms with Crippen molar-refractivity contribution in [1.82, 2.24) is 5.43 Å². The fourth-order valence-corrected chi connectivity index (χ4v) is 3.29. The van der Waals surface area contributed by atoms with E-state index in [1.807, 2.05) is 0 Å². The molecule has 100 valence electrons. The molecule has 0 aromatic heterocycles. The number of hydrazine groups is 1. The third kappa shape index (κ3) is 2.60. The normalized spacial score (nSPS) is 20.7. The molecule has 1 aliphatic carbocycles. The maximum absolute atomic E-state index is 5.86. The van der Waals surface area contributed by atoms with Crippen LogP contribution in [-0.2, 0) is 0 Å². The quantitative estimate of drug-likeness (QED) is 0.629. The molecule has 1 aliphatic rings. The molecule has 2 heteroatoms. The van der Waals surface area contributed by atoms with Crippen molar-refractivity contribution in [3.05, 3.63) is 34.9 Å². The minimum absolute atomic E-state index is 0.275. The van der Waals surface area contributed by atoms with Crippen LogP contribution in [0.2, 0.25) is 0 Å². The topological polar surface area (TPSA) is 38.0 Å². The number of nitrogens with one attached hydrogen (secondary N) is 1. The first kappa shape index (κ1) is 13.6. The van der Waals surface area contributed by atoms with Crippen LogP contribution in [0, 0.1) is 19.3 Å². The van der Waals surface area contributed by atoms with Crippen molar-refractivity contribution in [3.8, 4) is 0 Å². The number of benzene rings is 1. The van der Waals surface area contributed by atoms with Gasteiger partial charge in [-0.3, -0.25) is 11.3 Å². The summed E-state index contributed by atoms with van der Waals surface area (Å²) < 4.78 is 0. The smallest absolute Gasteiger partial charge is 0.0513 e. The molecule has 1 aromatic rings. The molecular formula is C16H26N2. The highest BCUT2D eigenvalue weighted by Crippen LogP contribution is 2.45. The van der Waals surface area contributed by atoms with Crippen LogP contribution in [0.1, 0.15) is 61.8 Å². The maximum Gasteiger partial charge on any atom is 0.0513 e. The van der Waals surface area contributed by atoms with Crippen molar-refractivity contribution in [1.29, 1.82) is 0 Å². The standard InChI is InChI=1S/C16H26N2/c1-12-7-8-14(11-13(12)2)15(18-17)16(3)9-5-4-6-10-16/h7-8,11,15,18H,4-6,9-10,17H2,1-3H3. The molecule has 1 fully saturated rings. The Morgan fingerprint density at radius 2 is 1.78 bits per heavy atom. The van der Waals surface area contributed by atoms with E-state index in [0.717, 1.165) is 0 Å². The molecule has 0 amide bonds. The van der Waals surface area contributed by atoms with Crippen LogP contribution in [0.5, 0.6) is 0 Å². The monoisotopic (exact) mass is 246 g/mol. The molecule has 3 N–H and O–H groups in total. The molecule has 0 saturated heterocycles. The lowest BCUT2D eigenvalue weighted by Gasteiger charge is -2.41. The minimum atomic E-state index is 0.275. The summed E-state index contributed by atoms with van der Waals surface area (Å²) >= 11 is 0. The first-order valence-electron chi connectivity index (χ1n) is 7.10. The number of rotatable bonds is 3. The molecule has 1 saturated carbocycles. The van der Waals surface area contributed by atoms with Gasteiger partial charge in [0.1, 0.15) is 0 Å². The first-order valence-corrected chi connectivity index (χ1v) is 7.10. The molecule has 2 rings (SSSR count). The number of aryl methyl sites for hydroxylation is 2. The number of nitrogens with two attached hydrogens (primary N) is 1. The van der Waals surface area contributed by atoms with Gasteiger partial charge in [-0.05, 0) is 48.8 Å². The van der Waals surface area contributed by atoms with Gasteiger partial charge in [-0.2, -0.15) is 0 Å². The van der Waals surface area contributed by atoms with E-state index in [0.29, 0.717) is 5.41 Å². The van der Waals surface area contributed by atoms with Crippen molar-refractivity contribution in [2.75, 3.05) is 0 Å². The Balaban J connectivity index is 2.29. The molecule has 0 aliphatic heterocycles. The van der Waals surface area contributed by atoms with Gasteiger partial charge in [0.15, 0.2) is 0 Å². The predicted octanol–water partition coefficient (Wildman–Crippen LogP) is 3.78. The average Bonchev–Trinajstić information content (AvgIpc) is 2.35. The van der Waals surface area contributed by atoms with Gasteiger partial charge in [0.05, 0.1) is 6.04 Å². The van der Waals surface area contributed by atoms with E-state index in [1.165, 1.54) is 48.8 Å². The highest BCUT2D eigenvalue weighted by atomic mass is 15.2. The van der Waals surface area contributed by atoms with E-state index in [4.69, 9.17) is 5.84 Å². The zero-order valence-electron chi connectivity index (χ0n) is 11.9. The van der Waals surface area contributed by atoms with E-state index in [9.17, 15) is 0 Å². The highest BCUT2D eigenvalue weighted by Gasteiger charge is 2.35. The van der Waals surface area contributed by atoms with Crippen LogP contribution in [0.4, 0.5) is 0 Å². The average molecular weight is 246 g/mol. The zero-order chi connectivity index (χ0) is 13.2. The van der Waals surface area contributed by atoms with E-state index in [1.54, 1.807) is 0 Å². The van der Waals surface area contributed by atoms with Crippen LogP contribution >= 0.6 is 0 Å². The van der Waals surface area contributed by atoms with Crippen LogP contribution in [0.3, 0.4) is 0 Å². The molecule has 1 unspecified atom stereocenters. The van der Waals surface area contributed by atoms with Gasteiger partial charge in [-0.1, -0.05) is 44.4 Å². The molecule has 18 heavy (non-hydrogen) atoms. The summed E-state index contributed by atoms with van der Waals surface area (Å²) in [5, 5.41) is 0. The van der Waals surface area contributed by atoms with E-state index >= 15 is 0 Å². The molecule has 2 nitrogen and oxygen atoms in total. The van der Waals surface area contributed by atoms with Gasteiger partial charge in [-0.15, -0.1) is 0 Å². The Morgan fingerprint density at radius 1 is 1.11 bits per heavy atom. The summed E-state index contributed by atoms with van der Waals surface area (Å²) in [6, 6.07) is 7.00. The van der Waals surface area contributed by atoms with E-state index < -0.39 is 0 Å². The summed E-state index contributed by atoms with van der Waals surface area (Å²) in [5.41, 5.74) is 7.42. The van der Waals surface area contributed by atoms with Crippen molar-refractivity contribution in [2.24, 2.45) is 11.3 Å². The lowest BCUT2D eigenvalue weighted by Crippen LogP contribution is -2.41. The lowest BCUT2D eigenvalue weighted by atomic mass is 9.68. The highest BCUT2D eigenvalue weighted by molar-refractivity contribution is 5.32. The van der Waals surface area contributed by atoms with Crippen LogP contribution < -0.4 is 11.3 Å². The van der Waals surface area contributed by atoms with E-state index in [-0.39, 0.29) is 6.04 Å². The Kier molecular flexibility index (Phi) is 4.08.